The summed E-state index contributed by atoms with van der Waals surface area (Å²) in [5.74, 6) is 0. The summed E-state index contributed by atoms with van der Waals surface area (Å²) in [5.41, 5.74) is 0. The Bertz CT molecular complexity index is 229. The lowest BCUT2D eigenvalue weighted by Gasteiger charge is -2.24. The average Bonchev–Trinajstić information content (AvgIpc) is 2.86. The Morgan fingerprint density at radius 3 is 3.07 bits per heavy atom. The fourth-order valence-corrected chi connectivity index (χ4v) is 2.20. The molecule has 0 aromatic carbocycles. The summed E-state index contributed by atoms with van der Waals surface area (Å²) in [6, 6.07) is 0.104. The van der Waals surface area contributed by atoms with Crippen LogP contribution in [0.15, 0.2) is 0 Å². The lowest BCUT2D eigenvalue weighted by atomic mass is 10.2. The second kappa shape index (κ2) is 4.81. The number of rotatable bonds is 2. The number of amides is 2. The van der Waals surface area contributed by atoms with E-state index in [0.29, 0.717) is 6.61 Å². The minimum atomic E-state index is -0.0537. The van der Waals surface area contributed by atoms with Crippen LogP contribution in [0.3, 0.4) is 0 Å². The number of hydrogen-bond acceptors (Lipinski definition) is 3. The standard InChI is InChI=1S/C10H18N2O3/c13-6-9-2-1-4-12(9)10(14)11-8-3-5-15-7-8/h8-9,13H,1-7H2,(H,11,14)/t8?,9-/m0/s1. The fraction of sp³-hybridized carbons (Fsp3) is 0.900. The Morgan fingerprint density at radius 1 is 1.53 bits per heavy atom. The van der Waals surface area contributed by atoms with Crippen molar-refractivity contribution in [3.05, 3.63) is 0 Å². The highest BCUT2D eigenvalue weighted by Gasteiger charge is 2.29. The van der Waals surface area contributed by atoms with Gasteiger partial charge in [0.05, 0.1) is 25.3 Å². The van der Waals surface area contributed by atoms with Crippen LogP contribution in [0.5, 0.6) is 0 Å². The number of nitrogens with one attached hydrogen (secondary N) is 1. The van der Waals surface area contributed by atoms with Crippen molar-refractivity contribution in [1.29, 1.82) is 0 Å². The lowest BCUT2D eigenvalue weighted by Crippen LogP contribution is -2.48. The molecule has 0 bridgehead atoms. The molecule has 2 rings (SSSR count). The van der Waals surface area contributed by atoms with Crippen molar-refractivity contribution in [2.24, 2.45) is 0 Å². The topological polar surface area (TPSA) is 61.8 Å². The van der Waals surface area contributed by atoms with E-state index >= 15 is 0 Å². The number of likely N-dealkylation sites (tertiary alicyclic amines) is 1. The van der Waals surface area contributed by atoms with Gasteiger partial charge in [0, 0.05) is 13.2 Å². The molecule has 2 heterocycles. The molecule has 0 aromatic heterocycles. The average molecular weight is 214 g/mol. The molecule has 2 fully saturated rings. The molecule has 2 atom stereocenters. The Labute approximate surface area is 89.4 Å². The maximum atomic E-state index is 11.8. The fourth-order valence-electron chi connectivity index (χ4n) is 2.20. The van der Waals surface area contributed by atoms with Gasteiger partial charge in [0.15, 0.2) is 0 Å². The molecule has 1 unspecified atom stereocenters. The predicted molar refractivity (Wildman–Crippen MR) is 54.6 cm³/mol. The van der Waals surface area contributed by atoms with E-state index in [1.807, 2.05) is 0 Å². The maximum absolute atomic E-state index is 11.8. The van der Waals surface area contributed by atoms with Gasteiger partial charge in [-0.25, -0.2) is 4.79 Å². The Hall–Kier alpha value is -0.810. The molecule has 0 spiro atoms. The highest BCUT2D eigenvalue weighted by molar-refractivity contribution is 5.75. The van der Waals surface area contributed by atoms with Gasteiger partial charge in [0.2, 0.25) is 0 Å². The molecule has 2 amide bonds. The molecule has 2 N–H and O–H groups in total. The number of hydrogen-bond donors (Lipinski definition) is 2. The molecule has 86 valence electrons. The molecule has 0 radical (unpaired) electrons. The number of aliphatic hydroxyl groups excluding tert-OH is 1. The molecule has 0 aliphatic carbocycles. The predicted octanol–water partition coefficient (Wildman–Crippen LogP) is -0.0584. The molecule has 2 saturated heterocycles. The summed E-state index contributed by atoms with van der Waals surface area (Å²) in [6.07, 6.45) is 2.79. The van der Waals surface area contributed by atoms with E-state index < -0.39 is 0 Å². The van der Waals surface area contributed by atoms with Gasteiger partial charge >= 0.3 is 6.03 Å². The van der Waals surface area contributed by atoms with Crippen LogP contribution in [0.1, 0.15) is 19.3 Å². The molecular formula is C10H18N2O3. The molecular weight excluding hydrogens is 196 g/mol. The highest BCUT2D eigenvalue weighted by Crippen LogP contribution is 2.17. The van der Waals surface area contributed by atoms with Crippen molar-refractivity contribution in [2.75, 3.05) is 26.4 Å². The Balaban J connectivity index is 1.83. The first-order chi connectivity index (χ1) is 7.31. The zero-order valence-corrected chi connectivity index (χ0v) is 8.82. The van der Waals surface area contributed by atoms with Gasteiger partial charge in [0.25, 0.3) is 0 Å². The number of aliphatic hydroxyl groups is 1. The van der Waals surface area contributed by atoms with Crippen LogP contribution in [-0.4, -0.2) is 54.5 Å². The van der Waals surface area contributed by atoms with Crippen LogP contribution >= 0.6 is 0 Å². The summed E-state index contributed by atoms with van der Waals surface area (Å²) < 4.78 is 5.19. The van der Waals surface area contributed by atoms with Crippen LogP contribution in [0.25, 0.3) is 0 Å². The summed E-state index contributed by atoms with van der Waals surface area (Å²) in [5, 5.41) is 12.0. The Kier molecular flexibility index (Phi) is 3.43. The third-order valence-electron chi connectivity index (χ3n) is 3.11. The molecule has 2 aliphatic rings. The van der Waals surface area contributed by atoms with Crippen LogP contribution < -0.4 is 5.32 Å². The number of urea groups is 1. The molecule has 2 aliphatic heterocycles. The monoisotopic (exact) mass is 214 g/mol. The van der Waals surface area contributed by atoms with Crippen LogP contribution in [0.4, 0.5) is 4.79 Å². The zero-order valence-electron chi connectivity index (χ0n) is 8.82. The van der Waals surface area contributed by atoms with Gasteiger partial charge in [-0.2, -0.15) is 0 Å². The van der Waals surface area contributed by atoms with Gasteiger partial charge in [0.1, 0.15) is 0 Å². The molecule has 0 saturated carbocycles. The normalized spacial score (nSPS) is 30.9. The second-order valence-corrected chi connectivity index (χ2v) is 4.18. The van der Waals surface area contributed by atoms with E-state index in [1.165, 1.54) is 0 Å². The van der Waals surface area contributed by atoms with Crippen molar-refractivity contribution >= 4 is 6.03 Å². The van der Waals surface area contributed by atoms with Gasteiger partial charge in [-0.1, -0.05) is 0 Å². The van der Waals surface area contributed by atoms with Crippen molar-refractivity contribution in [1.82, 2.24) is 10.2 Å². The van der Waals surface area contributed by atoms with Crippen molar-refractivity contribution in [2.45, 2.75) is 31.3 Å². The quantitative estimate of drug-likeness (QED) is 0.677. The van der Waals surface area contributed by atoms with Crippen molar-refractivity contribution in [3.63, 3.8) is 0 Å². The van der Waals surface area contributed by atoms with E-state index in [0.717, 1.165) is 32.4 Å². The van der Waals surface area contributed by atoms with Crippen molar-refractivity contribution < 1.29 is 14.6 Å². The second-order valence-electron chi connectivity index (χ2n) is 4.18. The summed E-state index contributed by atoms with van der Waals surface area (Å²) in [7, 11) is 0. The van der Waals surface area contributed by atoms with Crippen LogP contribution in [-0.2, 0) is 4.74 Å². The van der Waals surface area contributed by atoms with Crippen LogP contribution in [0.2, 0.25) is 0 Å². The first-order valence-electron chi connectivity index (χ1n) is 5.57. The highest BCUT2D eigenvalue weighted by atomic mass is 16.5. The SMILES string of the molecule is O=C(NC1CCOC1)N1CCC[C@H]1CO. The molecule has 5 nitrogen and oxygen atoms in total. The van der Waals surface area contributed by atoms with E-state index in [1.54, 1.807) is 4.90 Å². The molecule has 5 heteroatoms. The summed E-state index contributed by atoms with van der Waals surface area (Å²) >= 11 is 0. The first-order valence-corrected chi connectivity index (χ1v) is 5.57. The molecule has 0 aromatic rings. The van der Waals surface area contributed by atoms with Crippen molar-refractivity contribution in [3.8, 4) is 0 Å². The van der Waals surface area contributed by atoms with Gasteiger partial charge in [-0.3, -0.25) is 0 Å². The third kappa shape index (κ3) is 2.41. The van der Waals surface area contributed by atoms with Gasteiger partial charge in [-0.05, 0) is 19.3 Å². The minimum Gasteiger partial charge on any atom is -0.394 e. The lowest BCUT2D eigenvalue weighted by molar-refractivity contribution is 0.151. The first kappa shape index (κ1) is 10.7. The van der Waals surface area contributed by atoms with Gasteiger partial charge in [-0.15, -0.1) is 0 Å². The number of carbonyl (C=O) groups is 1. The third-order valence-corrected chi connectivity index (χ3v) is 3.11. The number of ether oxygens (including phenoxy) is 1. The largest absolute Gasteiger partial charge is 0.394 e. The van der Waals surface area contributed by atoms with Gasteiger partial charge < -0.3 is 20.1 Å². The molecule has 15 heavy (non-hydrogen) atoms. The minimum absolute atomic E-state index is 0.00678. The Morgan fingerprint density at radius 2 is 2.40 bits per heavy atom. The summed E-state index contributed by atoms with van der Waals surface area (Å²) in [4.78, 5) is 13.6. The number of nitrogens with zero attached hydrogens (tertiary/aromatic N) is 1. The van der Waals surface area contributed by atoms with E-state index in [4.69, 9.17) is 9.84 Å². The number of carbonyl (C=O) groups excluding carboxylic acids is 1. The smallest absolute Gasteiger partial charge is 0.318 e. The van der Waals surface area contributed by atoms with E-state index in [2.05, 4.69) is 5.32 Å². The zero-order chi connectivity index (χ0) is 10.7. The van der Waals surface area contributed by atoms with E-state index in [-0.39, 0.29) is 24.7 Å². The van der Waals surface area contributed by atoms with Crippen LogP contribution in [0, 0.1) is 0 Å². The van der Waals surface area contributed by atoms with E-state index in [9.17, 15) is 4.79 Å². The maximum Gasteiger partial charge on any atom is 0.318 e. The summed E-state index contributed by atoms with van der Waals surface area (Å²) in [6.45, 7) is 2.16.